The summed E-state index contributed by atoms with van der Waals surface area (Å²) >= 11 is 0. The molecular formula is C12H26N2O2S. The van der Waals surface area contributed by atoms with E-state index in [9.17, 15) is 8.42 Å². The lowest BCUT2D eigenvalue weighted by molar-refractivity contribution is 0.182. The van der Waals surface area contributed by atoms with E-state index >= 15 is 0 Å². The lowest BCUT2D eigenvalue weighted by Crippen LogP contribution is -2.41. The Morgan fingerprint density at radius 2 is 2.12 bits per heavy atom. The summed E-state index contributed by atoms with van der Waals surface area (Å²) in [6.45, 7) is 7.33. The second-order valence-corrected chi connectivity index (χ2v) is 7.96. The van der Waals surface area contributed by atoms with Crippen LogP contribution in [0.15, 0.2) is 0 Å². The SMILES string of the molecule is CNCC1CCCN(CCS(=O)(=O)C(C)C)C1. The van der Waals surface area contributed by atoms with Crippen LogP contribution in [0.3, 0.4) is 0 Å². The van der Waals surface area contributed by atoms with Crippen molar-refractivity contribution in [3.63, 3.8) is 0 Å². The maximum atomic E-state index is 11.7. The van der Waals surface area contributed by atoms with Crippen molar-refractivity contribution in [2.24, 2.45) is 5.92 Å². The van der Waals surface area contributed by atoms with E-state index < -0.39 is 9.84 Å². The average Bonchev–Trinajstić information content (AvgIpc) is 2.27. The Hall–Kier alpha value is -0.130. The average molecular weight is 262 g/mol. The maximum Gasteiger partial charge on any atom is 0.153 e. The third-order valence-corrected chi connectivity index (χ3v) is 5.69. The lowest BCUT2D eigenvalue weighted by Gasteiger charge is -2.32. The lowest BCUT2D eigenvalue weighted by atomic mass is 9.98. The minimum Gasteiger partial charge on any atom is -0.319 e. The molecule has 102 valence electrons. The van der Waals surface area contributed by atoms with Gasteiger partial charge in [0.25, 0.3) is 0 Å². The zero-order valence-electron chi connectivity index (χ0n) is 11.3. The van der Waals surface area contributed by atoms with Gasteiger partial charge in [-0.3, -0.25) is 0 Å². The van der Waals surface area contributed by atoms with E-state index in [2.05, 4.69) is 10.2 Å². The molecule has 0 aromatic rings. The molecule has 1 unspecified atom stereocenters. The fourth-order valence-corrected chi connectivity index (χ4v) is 3.29. The van der Waals surface area contributed by atoms with Crippen molar-refractivity contribution in [2.75, 3.05) is 39.0 Å². The van der Waals surface area contributed by atoms with Crippen LogP contribution in [0, 0.1) is 5.92 Å². The highest BCUT2D eigenvalue weighted by Crippen LogP contribution is 2.15. The van der Waals surface area contributed by atoms with Crippen molar-refractivity contribution < 1.29 is 8.42 Å². The van der Waals surface area contributed by atoms with Crippen LogP contribution in [-0.4, -0.2) is 57.5 Å². The van der Waals surface area contributed by atoms with Crippen molar-refractivity contribution in [1.29, 1.82) is 0 Å². The first-order chi connectivity index (χ1) is 7.95. The molecular weight excluding hydrogens is 236 g/mol. The molecule has 0 aromatic heterocycles. The third kappa shape index (κ3) is 4.94. The molecule has 1 fully saturated rings. The number of hydrogen-bond acceptors (Lipinski definition) is 4. The summed E-state index contributed by atoms with van der Waals surface area (Å²) in [6.07, 6.45) is 2.45. The molecule has 0 aromatic carbocycles. The monoisotopic (exact) mass is 262 g/mol. The molecule has 0 spiro atoms. The van der Waals surface area contributed by atoms with Gasteiger partial charge < -0.3 is 10.2 Å². The molecule has 1 atom stereocenters. The van der Waals surface area contributed by atoms with Gasteiger partial charge in [0, 0.05) is 13.1 Å². The van der Waals surface area contributed by atoms with Crippen LogP contribution in [0.5, 0.6) is 0 Å². The highest BCUT2D eigenvalue weighted by Gasteiger charge is 2.22. The van der Waals surface area contributed by atoms with E-state index in [-0.39, 0.29) is 5.25 Å². The Bertz CT molecular complexity index is 312. The molecule has 4 nitrogen and oxygen atoms in total. The topological polar surface area (TPSA) is 49.4 Å². The summed E-state index contributed by atoms with van der Waals surface area (Å²) in [6, 6.07) is 0. The standard InChI is InChI=1S/C12H26N2O2S/c1-11(2)17(15,16)8-7-14-6-4-5-12(10-14)9-13-3/h11-13H,4-10H2,1-3H3. The molecule has 0 amide bonds. The number of hydrogen-bond donors (Lipinski definition) is 1. The maximum absolute atomic E-state index is 11.7. The Morgan fingerprint density at radius 1 is 1.41 bits per heavy atom. The molecule has 0 bridgehead atoms. The van der Waals surface area contributed by atoms with E-state index in [1.807, 2.05) is 7.05 Å². The van der Waals surface area contributed by atoms with Gasteiger partial charge in [-0.05, 0) is 52.7 Å². The third-order valence-electron chi connectivity index (χ3n) is 3.51. The van der Waals surface area contributed by atoms with Gasteiger partial charge in [-0.15, -0.1) is 0 Å². The summed E-state index contributed by atoms with van der Waals surface area (Å²) in [7, 11) is -0.910. The second kappa shape index (κ2) is 6.71. The van der Waals surface area contributed by atoms with Gasteiger partial charge in [0.1, 0.15) is 0 Å². The molecule has 1 rings (SSSR count). The fraction of sp³-hybridized carbons (Fsp3) is 1.00. The van der Waals surface area contributed by atoms with Crippen LogP contribution in [0.1, 0.15) is 26.7 Å². The molecule has 1 N–H and O–H groups in total. The highest BCUT2D eigenvalue weighted by molar-refractivity contribution is 7.92. The summed E-state index contributed by atoms with van der Waals surface area (Å²) in [5, 5.41) is 2.95. The van der Waals surface area contributed by atoms with Gasteiger partial charge in [0.15, 0.2) is 9.84 Å². The molecule has 5 heteroatoms. The van der Waals surface area contributed by atoms with Crippen molar-refractivity contribution in [3.05, 3.63) is 0 Å². The van der Waals surface area contributed by atoms with E-state index in [0.717, 1.165) is 19.6 Å². The quantitative estimate of drug-likeness (QED) is 0.767. The van der Waals surface area contributed by atoms with Gasteiger partial charge in [0.05, 0.1) is 11.0 Å². The largest absolute Gasteiger partial charge is 0.319 e. The van der Waals surface area contributed by atoms with Crippen LogP contribution in [0.25, 0.3) is 0 Å². The van der Waals surface area contributed by atoms with Gasteiger partial charge in [-0.2, -0.15) is 0 Å². The van der Waals surface area contributed by atoms with Crippen molar-refractivity contribution in [1.82, 2.24) is 10.2 Å². The summed E-state index contributed by atoms with van der Waals surface area (Å²) in [5.41, 5.74) is 0. The summed E-state index contributed by atoms with van der Waals surface area (Å²) in [5.74, 6) is 0.979. The molecule has 1 heterocycles. The van der Waals surface area contributed by atoms with Gasteiger partial charge in [-0.25, -0.2) is 8.42 Å². The number of nitrogens with one attached hydrogen (secondary N) is 1. The molecule has 1 aliphatic rings. The van der Waals surface area contributed by atoms with E-state index in [4.69, 9.17) is 0 Å². The van der Waals surface area contributed by atoms with Crippen LogP contribution in [0.4, 0.5) is 0 Å². The van der Waals surface area contributed by atoms with Gasteiger partial charge >= 0.3 is 0 Å². The Morgan fingerprint density at radius 3 is 2.71 bits per heavy atom. The molecule has 1 saturated heterocycles. The van der Waals surface area contributed by atoms with Gasteiger partial charge in [-0.1, -0.05) is 0 Å². The number of rotatable bonds is 6. The Balaban J connectivity index is 2.37. The van der Waals surface area contributed by atoms with Crippen LogP contribution < -0.4 is 5.32 Å². The molecule has 17 heavy (non-hydrogen) atoms. The van der Waals surface area contributed by atoms with Gasteiger partial charge in [0.2, 0.25) is 0 Å². The van der Waals surface area contributed by atoms with E-state index in [0.29, 0.717) is 18.2 Å². The number of nitrogens with zero attached hydrogens (tertiary/aromatic N) is 1. The second-order valence-electron chi connectivity index (χ2n) is 5.28. The first-order valence-corrected chi connectivity index (χ1v) is 8.25. The fourth-order valence-electron chi connectivity index (χ4n) is 2.30. The van der Waals surface area contributed by atoms with E-state index in [1.165, 1.54) is 12.8 Å². The highest BCUT2D eigenvalue weighted by atomic mass is 32.2. The predicted molar refractivity (Wildman–Crippen MR) is 72.0 cm³/mol. The van der Waals surface area contributed by atoms with Crippen molar-refractivity contribution in [3.8, 4) is 0 Å². The minimum absolute atomic E-state index is 0.250. The summed E-state index contributed by atoms with van der Waals surface area (Å²) in [4.78, 5) is 2.30. The zero-order chi connectivity index (χ0) is 12.9. The minimum atomic E-state index is -2.88. The Kier molecular flexibility index (Phi) is 5.89. The summed E-state index contributed by atoms with van der Waals surface area (Å²) < 4.78 is 23.5. The zero-order valence-corrected chi connectivity index (χ0v) is 12.1. The molecule has 0 saturated carbocycles. The number of piperidine rings is 1. The van der Waals surface area contributed by atoms with Crippen molar-refractivity contribution >= 4 is 9.84 Å². The van der Waals surface area contributed by atoms with Crippen molar-refractivity contribution in [2.45, 2.75) is 31.9 Å². The Labute approximate surface area is 106 Å². The smallest absolute Gasteiger partial charge is 0.153 e. The van der Waals surface area contributed by atoms with Crippen LogP contribution >= 0.6 is 0 Å². The van der Waals surface area contributed by atoms with Crippen LogP contribution in [0.2, 0.25) is 0 Å². The number of likely N-dealkylation sites (tertiary alicyclic amines) is 1. The molecule has 1 aliphatic heterocycles. The van der Waals surface area contributed by atoms with Crippen LogP contribution in [-0.2, 0) is 9.84 Å². The predicted octanol–water partition coefficient (Wildman–Crippen LogP) is 0.741. The first kappa shape index (κ1) is 14.9. The molecule has 0 aliphatic carbocycles. The molecule has 0 radical (unpaired) electrons. The van der Waals surface area contributed by atoms with E-state index in [1.54, 1.807) is 13.8 Å². The normalized spacial score (nSPS) is 23.2. The number of sulfone groups is 1. The first-order valence-electron chi connectivity index (χ1n) is 6.54.